The van der Waals surface area contributed by atoms with E-state index < -0.39 is 0 Å². The molecule has 0 bridgehead atoms. The highest BCUT2D eigenvalue weighted by Crippen LogP contribution is 2.39. The third-order valence-electron chi connectivity index (χ3n) is 6.49. The highest BCUT2D eigenvalue weighted by Gasteiger charge is 2.33. The third kappa shape index (κ3) is 4.01. The Kier molecular flexibility index (Phi) is 5.23. The van der Waals surface area contributed by atoms with Crippen LogP contribution in [0, 0.1) is 12.3 Å². The normalized spacial score (nSPS) is 14.9. The van der Waals surface area contributed by atoms with Crippen LogP contribution < -0.4 is 5.56 Å². The van der Waals surface area contributed by atoms with E-state index in [2.05, 4.69) is 39.7 Å². The van der Waals surface area contributed by atoms with Gasteiger partial charge in [-0.25, -0.2) is 0 Å². The summed E-state index contributed by atoms with van der Waals surface area (Å²) in [4.78, 5) is 23.9. The van der Waals surface area contributed by atoms with Gasteiger partial charge < -0.3 is 9.51 Å². The van der Waals surface area contributed by atoms with E-state index in [4.69, 9.17) is 14.6 Å². The molecule has 1 aliphatic carbocycles. The van der Waals surface area contributed by atoms with Crippen LogP contribution in [-0.2, 0) is 25.8 Å². The summed E-state index contributed by atoms with van der Waals surface area (Å²) in [5, 5.41) is 9.17. The number of nitrogens with one attached hydrogen (secondary N) is 1. The number of rotatable bonds is 5. The molecule has 0 saturated carbocycles. The van der Waals surface area contributed by atoms with Crippen molar-refractivity contribution in [2.24, 2.45) is 5.41 Å². The molecule has 4 aromatic heterocycles. The van der Waals surface area contributed by atoms with Crippen molar-refractivity contribution in [3.8, 4) is 23.0 Å². The summed E-state index contributed by atoms with van der Waals surface area (Å²) in [5.74, 6) is 0.870. The van der Waals surface area contributed by atoms with Crippen LogP contribution in [0.15, 0.2) is 39.9 Å². The fourth-order valence-corrected chi connectivity index (χ4v) is 4.56. The summed E-state index contributed by atoms with van der Waals surface area (Å²) in [6.45, 7) is 9.04. The number of aryl methyl sites for hydroxylation is 2. The van der Waals surface area contributed by atoms with Crippen LogP contribution in [-0.4, -0.2) is 29.9 Å². The van der Waals surface area contributed by atoms with Crippen LogP contribution in [0.5, 0.6) is 0 Å². The number of hydrogen-bond donors (Lipinski definition) is 1. The molecule has 4 aromatic rings. The minimum absolute atomic E-state index is 0.0757. The maximum atomic E-state index is 12.1. The maximum Gasteiger partial charge on any atom is 0.279 e. The van der Waals surface area contributed by atoms with E-state index in [0.717, 1.165) is 41.8 Å². The van der Waals surface area contributed by atoms with Crippen molar-refractivity contribution < 1.29 is 4.52 Å². The standard InChI is InChI=1S/C25H28N6O2/c1-5-17-11-19(15(2)27-23(17)32)22-28-24(33-30-22)21-18-8-9-25(3,4)12-20(18)31(29-21)14-16-7-6-10-26-13-16/h6-7,10-11,13H,5,8-9,12,14H2,1-4H3,(H,27,32). The lowest BCUT2D eigenvalue weighted by molar-refractivity contribution is 0.305. The molecule has 0 spiro atoms. The number of nitrogens with zero attached hydrogens (tertiary/aromatic N) is 5. The second-order valence-electron chi connectivity index (χ2n) is 9.57. The van der Waals surface area contributed by atoms with E-state index in [1.165, 1.54) is 11.3 Å². The first kappa shape index (κ1) is 21.3. The predicted molar refractivity (Wildman–Crippen MR) is 125 cm³/mol. The Morgan fingerprint density at radius 3 is 2.91 bits per heavy atom. The minimum Gasteiger partial charge on any atom is -0.332 e. The molecule has 0 unspecified atom stereocenters. The number of H-pyrrole nitrogens is 1. The number of fused-ring (bicyclic) bond motifs is 1. The van der Waals surface area contributed by atoms with Crippen LogP contribution in [0.4, 0.5) is 0 Å². The summed E-state index contributed by atoms with van der Waals surface area (Å²) < 4.78 is 7.77. The molecule has 0 aromatic carbocycles. The largest absolute Gasteiger partial charge is 0.332 e. The number of hydrogen-bond acceptors (Lipinski definition) is 6. The van der Waals surface area contributed by atoms with Crippen molar-refractivity contribution in [2.75, 3.05) is 0 Å². The lowest BCUT2D eigenvalue weighted by Gasteiger charge is -2.30. The number of aromatic amines is 1. The molecular formula is C25H28N6O2. The highest BCUT2D eigenvalue weighted by atomic mass is 16.5. The molecule has 0 radical (unpaired) electrons. The van der Waals surface area contributed by atoms with Gasteiger partial charge in [-0.05, 0) is 55.7 Å². The Morgan fingerprint density at radius 1 is 1.30 bits per heavy atom. The average molecular weight is 445 g/mol. The Labute approximate surface area is 192 Å². The summed E-state index contributed by atoms with van der Waals surface area (Å²) in [7, 11) is 0. The van der Waals surface area contributed by atoms with E-state index in [1.807, 2.05) is 32.2 Å². The van der Waals surface area contributed by atoms with Gasteiger partial charge in [-0.1, -0.05) is 32.0 Å². The number of aromatic nitrogens is 6. The second-order valence-corrected chi connectivity index (χ2v) is 9.57. The van der Waals surface area contributed by atoms with Crippen molar-refractivity contribution >= 4 is 0 Å². The first-order valence-electron chi connectivity index (χ1n) is 11.4. The van der Waals surface area contributed by atoms with E-state index in [0.29, 0.717) is 30.2 Å². The minimum atomic E-state index is -0.0757. The van der Waals surface area contributed by atoms with Crippen LogP contribution in [0.1, 0.15) is 55.3 Å². The molecule has 1 N–H and O–H groups in total. The van der Waals surface area contributed by atoms with Gasteiger partial charge in [0.1, 0.15) is 0 Å². The molecule has 8 heteroatoms. The zero-order valence-corrected chi connectivity index (χ0v) is 19.5. The molecule has 0 saturated heterocycles. The Morgan fingerprint density at radius 2 is 2.15 bits per heavy atom. The second kappa shape index (κ2) is 8.10. The molecular weight excluding hydrogens is 416 g/mol. The summed E-state index contributed by atoms with van der Waals surface area (Å²) in [6.07, 6.45) is 7.21. The molecule has 0 fully saturated rings. The van der Waals surface area contributed by atoms with Crippen LogP contribution >= 0.6 is 0 Å². The van der Waals surface area contributed by atoms with Crippen molar-refractivity contribution in [2.45, 2.75) is 59.9 Å². The highest BCUT2D eigenvalue weighted by molar-refractivity contribution is 5.63. The van der Waals surface area contributed by atoms with Gasteiger partial charge in [0.05, 0.1) is 6.54 Å². The Bertz CT molecular complexity index is 1360. The lowest BCUT2D eigenvalue weighted by Crippen LogP contribution is -2.24. The van der Waals surface area contributed by atoms with E-state index in [1.54, 1.807) is 6.20 Å². The van der Waals surface area contributed by atoms with Crippen LogP contribution in [0.25, 0.3) is 23.0 Å². The predicted octanol–water partition coefficient (Wildman–Crippen LogP) is 4.12. The zero-order valence-electron chi connectivity index (χ0n) is 19.5. The van der Waals surface area contributed by atoms with E-state index >= 15 is 0 Å². The topological polar surface area (TPSA) is 102 Å². The van der Waals surface area contributed by atoms with Gasteiger partial charge in [-0.3, -0.25) is 14.5 Å². The van der Waals surface area contributed by atoms with Crippen LogP contribution in [0.3, 0.4) is 0 Å². The number of pyridine rings is 2. The Hall–Kier alpha value is -3.55. The fraction of sp³-hybridized carbons (Fsp3) is 0.400. The maximum absolute atomic E-state index is 12.1. The van der Waals surface area contributed by atoms with Crippen molar-refractivity contribution in [1.82, 2.24) is 29.9 Å². The van der Waals surface area contributed by atoms with Crippen molar-refractivity contribution in [1.29, 1.82) is 0 Å². The lowest BCUT2D eigenvalue weighted by atomic mass is 9.76. The molecule has 170 valence electrons. The third-order valence-corrected chi connectivity index (χ3v) is 6.49. The summed E-state index contributed by atoms with van der Waals surface area (Å²) in [6, 6.07) is 5.85. The van der Waals surface area contributed by atoms with Crippen molar-refractivity contribution in [3.63, 3.8) is 0 Å². The molecule has 0 aliphatic heterocycles. The van der Waals surface area contributed by atoms with Gasteiger partial charge in [0.25, 0.3) is 11.4 Å². The smallest absolute Gasteiger partial charge is 0.279 e. The molecule has 0 atom stereocenters. The molecule has 1 aliphatic rings. The first-order chi connectivity index (χ1) is 15.8. The van der Waals surface area contributed by atoms with Gasteiger partial charge in [0.15, 0.2) is 5.69 Å². The van der Waals surface area contributed by atoms with Gasteiger partial charge in [0.2, 0.25) is 5.82 Å². The van der Waals surface area contributed by atoms with Crippen molar-refractivity contribution in [3.05, 3.63) is 69.0 Å². The SMILES string of the molecule is CCc1cc(-c2noc(-c3nn(Cc4cccnc4)c4c3CCC(C)(C)C4)n2)c(C)[nH]c1=O. The van der Waals surface area contributed by atoms with Gasteiger partial charge in [-0.15, -0.1) is 0 Å². The van der Waals surface area contributed by atoms with Gasteiger partial charge in [-0.2, -0.15) is 10.1 Å². The Balaban J connectivity index is 1.57. The van der Waals surface area contributed by atoms with E-state index in [-0.39, 0.29) is 11.0 Å². The monoisotopic (exact) mass is 444 g/mol. The van der Waals surface area contributed by atoms with Gasteiger partial charge in [0, 0.05) is 40.5 Å². The molecule has 33 heavy (non-hydrogen) atoms. The molecule has 4 heterocycles. The average Bonchev–Trinajstić information content (AvgIpc) is 3.39. The summed E-state index contributed by atoms with van der Waals surface area (Å²) >= 11 is 0. The summed E-state index contributed by atoms with van der Waals surface area (Å²) in [5.41, 5.74) is 6.57. The molecule has 8 nitrogen and oxygen atoms in total. The zero-order chi connectivity index (χ0) is 23.2. The van der Waals surface area contributed by atoms with Gasteiger partial charge >= 0.3 is 0 Å². The quantitative estimate of drug-likeness (QED) is 0.497. The fourth-order valence-electron chi connectivity index (χ4n) is 4.56. The molecule has 5 rings (SSSR count). The van der Waals surface area contributed by atoms with E-state index in [9.17, 15) is 4.79 Å². The van der Waals surface area contributed by atoms with Crippen LogP contribution in [0.2, 0.25) is 0 Å². The molecule has 0 amide bonds. The first-order valence-corrected chi connectivity index (χ1v) is 11.4.